The third-order valence-corrected chi connectivity index (χ3v) is 5.29. The molecule has 27 heavy (non-hydrogen) atoms. The van der Waals surface area contributed by atoms with E-state index in [1.165, 1.54) is 11.3 Å². The van der Waals surface area contributed by atoms with E-state index in [0.29, 0.717) is 16.5 Å². The molecule has 0 unspecified atom stereocenters. The summed E-state index contributed by atoms with van der Waals surface area (Å²) in [6, 6.07) is 5.49. The molecule has 1 heterocycles. The minimum Gasteiger partial charge on any atom is -0.496 e. The number of amides is 3. The van der Waals surface area contributed by atoms with E-state index >= 15 is 0 Å². The van der Waals surface area contributed by atoms with Gasteiger partial charge in [-0.1, -0.05) is 12.8 Å². The standard InChI is InChI=1S/C19H24N4O3S/c1-12-9-14(7-8-16(12)26-2)20-17(24)10-15-11-27-19(22-15)23-18(25)21-13-5-3-4-6-13/h7-9,11,13H,3-6,10H2,1-2H3,(H,20,24)(H2,21,22,23,25). The van der Waals surface area contributed by atoms with E-state index in [9.17, 15) is 9.59 Å². The van der Waals surface area contributed by atoms with Crippen LogP contribution in [-0.4, -0.2) is 30.1 Å². The molecule has 3 amide bonds. The van der Waals surface area contributed by atoms with Gasteiger partial charge in [0.2, 0.25) is 5.91 Å². The Bertz CT molecular complexity index is 815. The van der Waals surface area contributed by atoms with Crippen LogP contribution in [0.25, 0.3) is 0 Å². The Kier molecular flexibility index (Phi) is 6.28. The van der Waals surface area contributed by atoms with Crippen molar-refractivity contribution in [3.8, 4) is 5.75 Å². The van der Waals surface area contributed by atoms with Crippen LogP contribution in [0.5, 0.6) is 5.75 Å². The second kappa shape index (κ2) is 8.85. The Balaban J connectivity index is 1.50. The highest BCUT2D eigenvalue weighted by Gasteiger charge is 2.18. The fraction of sp³-hybridized carbons (Fsp3) is 0.421. The van der Waals surface area contributed by atoms with Gasteiger partial charge in [-0.2, -0.15) is 0 Å². The molecule has 0 aliphatic heterocycles. The van der Waals surface area contributed by atoms with Gasteiger partial charge in [-0.25, -0.2) is 9.78 Å². The molecule has 0 atom stereocenters. The lowest BCUT2D eigenvalue weighted by Crippen LogP contribution is -2.36. The molecular formula is C19H24N4O3S. The number of thiazole rings is 1. The summed E-state index contributed by atoms with van der Waals surface area (Å²) in [6.45, 7) is 1.92. The van der Waals surface area contributed by atoms with Crippen LogP contribution in [-0.2, 0) is 11.2 Å². The summed E-state index contributed by atoms with van der Waals surface area (Å²) in [5.74, 6) is 0.617. The molecule has 1 aromatic heterocycles. The first kappa shape index (κ1) is 19.2. The number of carbonyl (C=O) groups is 2. The van der Waals surface area contributed by atoms with Gasteiger partial charge in [0.25, 0.3) is 0 Å². The zero-order valence-corrected chi connectivity index (χ0v) is 16.3. The van der Waals surface area contributed by atoms with Crippen molar-refractivity contribution < 1.29 is 14.3 Å². The molecule has 1 aromatic carbocycles. The quantitative estimate of drug-likeness (QED) is 0.703. The zero-order chi connectivity index (χ0) is 19.2. The SMILES string of the molecule is COc1ccc(NC(=O)Cc2csc(NC(=O)NC3CCCC3)n2)cc1C. The lowest BCUT2D eigenvalue weighted by Gasteiger charge is -2.11. The third-order valence-electron chi connectivity index (χ3n) is 4.48. The highest BCUT2D eigenvalue weighted by molar-refractivity contribution is 7.13. The average molecular weight is 388 g/mol. The number of hydrogen-bond donors (Lipinski definition) is 3. The number of nitrogens with one attached hydrogen (secondary N) is 3. The maximum absolute atomic E-state index is 12.2. The molecule has 1 fully saturated rings. The van der Waals surface area contributed by atoms with Crippen molar-refractivity contribution in [2.45, 2.75) is 45.1 Å². The van der Waals surface area contributed by atoms with E-state index < -0.39 is 0 Å². The molecule has 3 N–H and O–H groups in total. The summed E-state index contributed by atoms with van der Waals surface area (Å²) in [4.78, 5) is 28.5. The van der Waals surface area contributed by atoms with Gasteiger partial charge in [0.15, 0.2) is 5.13 Å². The number of aromatic nitrogens is 1. The van der Waals surface area contributed by atoms with Crippen molar-refractivity contribution >= 4 is 34.1 Å². The van der Waals surface area contributed by atoms with Gasteiger partial charge >= 0.3 is 6.03 Å². The summed E-state index contributed by atoms with van der Waals surface area (Å²) in [7, 11) is 1.61. The van der Waals surface area contributed by atoms with Crippen molar-refractivity contribution in [1.82, 2.24) is 10.3 Å². The summed E-state index contributed by atoms with van der Waals surface area (Å²) < 4.78 is 5.22. The lowest BCUT2D eigenvalue weighted by atomic mass is 10.2. The number of urea groups is 1. The van der Waals surface area contributed by atoms with Crippen LogP contribution in [0.3, 0.4) is 0 Å². The predicted molar refractivity (Wildman–Crippen MR) is 107 cm³/mol. The van der Waals surface area contributed by atoms with Crippen LogP contribution in [0, 0.1) is 6.92 Å². The molecule has 8 heteroatoms. The molecule has 3 rings (SSSR count). The Morgan fingerprint density at radius 3 is 2.74 bits per heavy atom. The molecule has 1 aliphatic rings. The van der Waals surface area contributed by atoms with E-state index in [0.717, 1.165) is 37.0 Å². The van der Waals surface area contributed by atoms with Gasteiger partial charge < -0.3 is 15.4 Å². The van der Waals surface area contributed by atoms with Crippen LogP contribution in [0.2, 0.25) is 0 Å². The topological polar surface area (TPSA) is 92.4 Å². The van der Waals surface area contributed by atoms with Crippen LogP contribution in [0.15, 0.2) is 23.6 Å². The van der Waals surface area contributed by atoms with Gasteiger partial charge in [-0.3, -0.25) is 10.1 Å². The van der Waals surface area contributed by atoms with Crippen molar-refractivity contribution in [3.05, 3.63) is 34.8 Å². The van der Waals surface area contributed by atoms with E-state index in [-0.39, 0.29) is 24.4 Å². The second-order valence-corrected chi connectivity index (χ2v) is 7.49. The number of anilines is 2. The molecule has 144 valence electrons. The number of methoxy groups -OCH3 is 1. The van der Waals surface area contributed by atoms with Crippen LogP contribution in [0.1, 0.15) is 36.9 Å². The number of hydrogen-bond acceptors (Lipinski definition) is 5. The van der Waals surface area contributed by atoms with Gasteiger partial charge in [-0.05, 0) is 43.5 Å². The third kappa shape index (κ3) is 5.43. The molecular weight excluding hydrogens is 364 g/mol. The predicted octanol–water partition coefficient (Wildman–Crippen LogP) is 3.71. The summed E-state index contributed by atoms with van der Waals surface area (Å²) in [5, 5.41) is 10.8. The summed E-state index contributed by atoms with van der Waals surface area (Å²) in [6.07, 6.45) is 4.53. The number of rotatable bonds is 6. The summed E-state index contributed by atoms with van der Waals surface area (Å²) in [5.41, 5.74) is 2.28. The number of ether oxygens (including phenoxy) is 1. The first-order valence-corrected chi connectivity index (χ1v) is 9.88. The van der Waals surface area contributed by atoms with Gasteiger partial charge in [0, 0.05) is 17.1 Å². The minimum atomic E-state index is -0.235. The fourth-order valence-electron chi connectivity index (χ4n) is 3.16. The Morgan fingerprint density at radius 2 is 2.04 bits per heavy atom. The van der Waals surface area contributed by atoms with E-state index in [1.807, 2.05) is 19.1 Å². The van der Waals surface area contributed by atoms with Crippen LogP contribution in [0.4, 0.5) is 15.6 Å². The number of nitrogens with zero attached hydrogens (tertiary/aromatic N) is 1. The maximum Gasteiger partial charge on any atom is 0.321 e. The largest absolute Gasteiger partial charge is 0.496 e. The van der Waals surface area contributed by atoms with Crippen molar-refractivity contribution in [2.24, 2.45) is 0 Å². The Morgan fingerprint density at radius 1 is 1.26 bits per heavy atom. The highest BCUT2D eigenvalue weighted by Crippen LogP contribution is 2.22. The molecule has 7 nitrogen and oxygen atoms in total. The van der Waals surface area contributed by atoms with Gasteiger partial charge in [-0.15, -0.1) is 11.3 Å². The average Bonchev–Trinajstić information content (AvgIpc) is 3.27. The molecule has 0 saturated heterocycles. The van der Waals surface area contributed by atoms with Gasteiger partial charge in [0.1, 0.15) is 5.75 Å². The Labute approximate surface area is 162 Å². The molecule has 1 saturated carbocycles. The van der Waals surface area contributed by atoms with E-state index in [2.05, 4.69) is 20.9 Å². The van der Waals surface area contributed by atoms with Crippen molar-refractivity contribution in [3.63, 3.8) is 0 Å². The highest BCUT2D eigenvalue weighted by atomic mass is 32.1. The van der Waals surface area contributed by atoms with Gasteiger partial charge in [0.05, 0.1) is 19.2 Å². The number of aryl methyl sites for hydroxylation is 1. The molecule has 0 radical (unpaired) electrons. The van der Waals surface area contributed by atoms with Crippen LogP contribution < -0.4 is 20.7 Å². The number of carbonyl (C=O) groups excluding carboxylic acids is 2. The maximum atomic E-state index is 12.2. The summed E-state index contributed by atoms with van der Waals surface area (Å²) >= 11 is 1.31. The zero-order valence-electron chi connectivity index (χ0n) is 15.5. The first-order valence-electron chi connectivity index (χ1n) is 9.00. The lowest BCUT2D eigenvalue weighted by molar-refractivity contribution is -0.115. The monoisotopic (exact) mass is 388 g/mol. The molecule has 1 aliphatic carbocycles. The first-order chi connectivity index (χ1) is 13.0. The normalized spacial score (nSPS) is 14.0. The van der Waals surface area contributed by atoms with Crippen LogP contribution >= 0.6 is 11.3 Å². The Hall–Kier alpha value is -2.61. The molecule has 2 aromatic rings. The fourth-order valence-corrected chi connectivity index (χ4v) is 3.87. The number of benzene rings is 1. The van der Waals surface area contributed by atoms with E-state index in [1.54, 1.807) is 18.6 Å². The van der Waals surface area contributed by atoms with Crippen molar-refractivity contribution in [2.75, 3.05) is 17.7 Å². The minimum absolute atomic E-state index is 0.146. The van der Waals surface area contributed by atoms with E-state index in [4.69, 9.17) is 4.74 Å². The smallest absolute Gasteiger partial charge is 0.321 e. The molecule has 0 bridgehead atoms. The van der Waals surface area contributed by atoms with Crippen molar-refractivity contribution in [1.29, 1.82) is 0 Å². The second-order valence-electron chi connectivity index (χ2n) is 6.63. The molecule has 0 spiro atoms.